The van der Waals surface area contributed by atoms with Crippen LogP contribution in [0, 0.1) is 0 Å². The van der Waals surface area contributed by atoms with Crippen LogP contribution in [-0.2, 0) is 13.2 Å². The topological polar surface area (TPSA) is 85.1 Å². The third-order valence-electron chi connectivity index (χ3n) is 4.72. The van der Waals surface area contributed by atoms with Crippen LogP contribution >= 0.6 is 0 Å². The smallest absolute Gasteiger partial charge is 0.206 e. The number of guanidine groups is 1. The zero-order chi connectivity index (χ0) is 20.8. The Balaban J connectivity index is 1.56. The van der Waals surface area contributed by atoms with Crippen molar-refractivity contribution in [3.05, 3.63) is 89.6 Å². The summed E-state index contributed by atoms with van der Waals surface area (Å²) in [5.41, 5.74) is 3.73. The number of pyridine rings is 1. The van der Waals surface area contributed by atoms with Gasteiger partial charge in [-0.15, -0.1) is 0 Å². The lowest BCUT2D eigenvalue weighted by molar-refractivity contribution is 0.282. The van der Waals surface area contributed by atoms with Gasteiger partial charge in [0, 0.05) is 25.5 Å². The number of anilines is 2. The second-order valence-electron chi connectivity index (χ2n) is 6.98. The summed E-state index contributed by atoms with van der Waals surface area (Å²) < 4.78 is 0. The first-order chi connectivity index (χ1) is 14.7. The molecule has 0 spiro atoms. The Labute approximate surface area is 175 Å². The SMILES string of the molecule is CN1CN=C(c2cccnc2NCc2ccccc2)N=C1Nc1cccc(CO)c1. The summed E-state index contributed by atoms with van der Waals surface area (Å²) in [7, 11) is 1.93. The quantitative estimate of drug-likeness (QED) is 0.591. The van der Waals surface area contributed by atoms with Crippen molar-refractivity contribution >= 4 is 23.3 Å². The summed E-state index contributed by atoms with van der Waals surface area (Å²) in [5.74, 6) is 2.06. The van der Waals surface area contributed by atoms with Crippen molar-refractivity contribution in [3.63, 3.8) is 0 Å². The van der Waals surface area contributed by atoms with Gasteiger partial charge >= 0.3 is 0 Å². The first kappa shape index (κ1) is 19.6. The monoisotopic (exact) mass is 400 g/mol. The summed E-state index contributed by atoms with van der Waals surface area (Å²) in [6.45, 7) is 1.14. The molecule has 0 aliphatic carbocycles. The third-order valence-corrected chi connectivity index (χ3v) is 4.72. The van der Waals surface area contributed by atoms with E-state index >= 15 is 0 Å². The molecule has 0 unspecified atom stereocenters. The van der Waals surface area contributed by atoms with Crippen molar-refractivity contribution in [3.8, 4) is 0 Å². The number of benzene rings is 2. The van der Waals surface area contributed by atoms with Gasteiger partial charge in [-0.1, -0.05) is 42.5 Å². The Morgan fingerprint density at radius 1 is 1.00 bits per heavy atom. The number of aliphatic imine (C=N–C) groups is 2. The molecule has 1 aliphatic rings. The van der Waals surface area contributed by atoms with E-state index < -0.39 is 0 Å². The van der Waals surface area contributed by atoms with Crippen LogP contribution in [0.25, 0.3) is 0 Å². The molecule has 0 fully saturated rings. The molecule has 0 saturated heterocycles. The maximum Gasteiger partial charge on any atom is 0.206 e. The summed E-state index contributed by atoms with van der Waals surface area (Å²) >= 11 is 0. The van der Waals surface area contributed by atoms with Crippen LogP contribution in [0.1, 0.15) is 16.7 Å². The van der Waals surface area contributed by atoms with Gasteiger partial charge in [-0.2, -0.15) is 4.99 Å². The highest BCUT2D eigenvalue weighted by Crippen LogP contribution is 2.18. The minimum atomic E-state index is -0.00330. The minimum Gasteiger partial charge on any atom is -0.392 e. The van der Waals surface area contributed by atoms with Gasteiger partial charge in [0.15, 0.2) is 5.84 Å². The molecule has 152 valence electrons. The molecule has 3 aromatic rings. The number of aliphatic hydroxyl groups is 1. The Morgan fingerprint density at radius 2 is 1.83 bits per heavy atom. The summed E-state index contributed by atoms with van der Waals surface area (Å²) in [6, 6.07) is 21.7. The highest BCUT2D eigenvalue weighted by Gasteiger charge is 2.18. The first-order valence-corrected chi connectivity index (χ1v) is 9.77. The van der Waals surface area contributed by atoms with Crippen LogP contribution in [0.2, 0.25) is 0 Å². The Morgan fingerprint density at radius 3 is 2.67 bits per heavy atom. The molecule has 2 heterocycles. The van der Waals surface area contributed by atoms with E-state index in [1.165, 1.54) is 5.56 Å². The van der Waals surface area contributed by atoms with Crippen molar-refractivity contribution in [1.29, 1.82) is 0 Å². The van der Waals surface area contributed by atoms with Crippen molar-refractivity contribution in [2.24, 2.45) is 9.98 Å². The van der Waals surface area contributed by atoms with Gasteiger partial charge in [-0.3, -0.25) is 0 Å². The maximum atomic E-state index is 9.37. The summed E-state index contributed by atoms with van der Waals surface area (Å²) in [6.07, 6.45) is 1.76. The molecular weight excluding hydrogens is 376 g/mol. The lowest BCUT2D eigenvalue weighted by Gasteiger charge is -2.25. The van der Waals surface area contributed by atoms with Gasteiger partial charge in [0.2, 0.25) is 5.96 Å². The number of hydrogen-bond donors (Lipinski definition) is 3. The average molecular weight is 400 g/mol. The third kappa shape index (κ3) is 4.64. The molecule has 1 aliphatic heterocycles. The molecule has 0 saturated carbocycles. The van der Waals surface area contributed by atoms with Crippen molar-refractivity contribution in [2.45, 2.75) is 13.2 Å². The lowest BCUT2D eigenvalue weighted by Crippen LogP contribution is -2.37. The van der Waals surface area contributed by atoms with Crippen molar-refractivity contribution in [2.75, 3.05) is 24.3 Å². The highest BCUT2D eigenvalue weighted by molar-refractivity contribution is 6.12. The van der Waals surface area contributed by atoms with E-state index in [-0.39, 0.29) is 6.61 Å². The molecule has 0 radical (unpaired) electrons. The van der Waals surface area contributed by atoms with Crippen LogP contribution in [-0.4, -0.2) is 40.5 Å². The predicted molar refractivity (Wildman–Crippen MR) is 121 cm³/mol. The molecule has 2 aromatic carbocycles. The zero-order valence-electron chi connectivity index (χ0n) is 16.8. The van der Waals surface area contributed by atoms with Gasteiger partial charge in [-0.25, -0.2) is 9.98 Å². The molecule has 0 amide bonds. The summed E-state index contributed by atoms with van der Waals surface area (Å²) in [5, 5.41) is 16.1. The standard InChI is InChI=1S/C23H24N6O/c1-29-16-26-22(28-23(29)27-19-10-5-9-18(13-19)15-30)20-11-6-12-24-21(20)25-14-17-7-3-2-4-8-17/h2-13,30H,14-16H2,1H3,(H,24,25)(H,26,27,28). The maximum absolute atomic E-state index is 9.37. The number of hydrogen-bond acceptors (Lipinski definition) is 7. The van der Waals surface area contributed by atoms with Crippen LogP contribution in [0.4, 0.5) is 11.5 Å². The van der Waals surface area contributed by atoms with E-state index in [2.05, 4.69) is 32.7 Å². The fraction of sp³-hybridized carbons (Fsp3) is 0.174. The number of nitrogens with zero attached hydrogens (tertiary/aromatic N) is 4. The molecular formula is C23H24N6O. The number of aliphatic hydroxyl groups excluding tert-OH is 1. The number of nitrogens with one attached hydrogen (secondary N) is 2. The van der Waals surface area contributed by atoms with Crippen LogP contribution in [0.3, 0.4) is 0 Å². The van der Waals surface area contributed by atoms with Crippen molar-refractivity contribution < 1.29 is 5.11 Å². The predicted octanol–water partition coefficient (Wildman–Crippen LogP) is 3.30. The fourth-order valence-corrected chi connectivity index (χ4v) is 3.11. The first-order valence-electron chi connectivity index (χ1n) is 9.77. The Bertz CT molecular complexity index is 1060. The second kappa shape index (κ2) is 9.19. The minimum absolute atomic E-state index is 0.00330. The number of aromatic nitrogens is 1. The second-order valence-corrected chi connectivity index (χ2v) is 6.98. The van der Waals surface area contributed by atoms with Gasteiger partial charge < -0.3 is 20.6 Å². The average Bonchev–Trinajstić information content (AvgIpc) is 2.80. The molecule has 7 heteroatoms. The molecule has 4 rings (SSSR count). The molecule has 1 aromatic heterocycles. The molecule has 0 atom stereocenters. The van der Waals surface area contributed by atoms with Gasteiger partial charge in [0.25, 0.3) is 0 Å². The van der Waals surface area contributed by atoms with E-state index in [9.17, 15) is 5.11 Å². The summed E-state index contributed by atoms with van der Waals surface area (Å²) in [4.78, 5) is 15.8. The van der Waals surface area contributed by atoms with Crippen LogP contribution < -0.4 is 10.6 Å². The number of rotatable bonds is 6. The number of amidine groups is 1. The molecule has 3 N–H and O–H groups in total. The molecule has 7 nitrogen and oxygen atoms in total. The Hall–Kier alpha value is -3.71. The normalized spacial score (nSPS) is 13.5. The van der Waals surface area contributed by atoms with Gasteiger partial charge in [-0.05, 0) is 35.4 Å². The van der Waals surface area contributed by atoms with Gasteiger partial charge in [0.1, 0.15) is 12.5 Å². The van der Waals surface area contributed by atoms with E-state index in [1.54, 1.807) is 6.20 Å². The Kier molecular flexibility index (Phi) is 6.01. The zero-order valence-corrected chi connectivity index (χ0v) is 16.8. The van der Waals surface area contributed by atoms with E-state index in [4.69, 9.17) is 4.99 Å². The van der Waals surface area contributed by atoms with Gasteiger partial charge in [0.05, 0.1) is 12.2 Å². The van der Waals surface area contributed by atoms with Crippen LogP contribution in [0.5, 0.6) is 0 Å². The van der Waals surface area contributed by atoms with Crippen LogP contribution in [0.15, 0.2) is 82.9 Å². The van der Waals surface area contributed by atoms with E-state index in [0.29, 0.717) is 25.0 Å². The van der Waals surface area contributed by atoms with E-state index in [0.717, 1.165) is 22.6 Å². The highest BCUT2D eigenvalue weighted by atomic mass is 16.3. The fourth-order valence-electron chi connectivity index (χ4n) is 3.11. The largest absolute Gasteiger partial charge is 0.392 e. The van der Waals surface area contributed by atoms with Crippen molar-refractivity contribution in [1.82, 2.24) is 9.88 Å². The lowest BCUT2D eigenvalue weighted by atomic mass is 10.2. The molecule has 30 heavy (non-hydrogen) atoms. The molecule has 0 bridgehead atoms. The van der Waals surface area contributed by atoms with E-state index in [1.807, 2.05) is 66.5 Å².